The summed E-state index contributed by atoms with van der Waals surface area (Å²) in [5, 5.41) is 7.55. The first-order valence-electron chi connectivity index (χ1n) is 4.47. The molecule has 1 heterocycles. The molecule has 72 valence electrons. The molecule has 14 heavy (non-hydrogen) atoms. The fourth-order valence-electron chi connectivity index (χ4n) is 1.36. The Morgan fingerprint density at radius 3 is 2.29 bits per heavy atom. The standard InChI is InChI=1S/C10H12N4/c1-8(14-6-12-13-7-14)9-2-4-10(11)5-3-9/h2-8H,11H2,1H3. The molecule has 4 heteroatoms. The monoisotopic (exact) mass is 188 g/mol. The number of rotatable bonds is 2. The first-order valence-corrected chi connectivity index (χ1v) is 4.47. The van der Waals surface area contributed by atoms with Crippen LogP contribution in [0.5, 0.6) is 0 Å². The van der Waals surface area contributed by atoms with Crippen LogP contribution in [0.2, 0.25) is 0 Å². The SMILES string of the molecule is CC(c1ccc(N)cc1)n1cnnc1. The Morgan fingerprint density at radius 1 is 1.14 bits per heavy atom. The number of hydrogen-bond donors (Lipinski definition) is 1. The summed E-state index contributed by atoms with van der Waals surface area (Å²) in [6.45, 7) is 2.09. The second-order valence-corrected chi connectivity index (χ2v) is 3.25. The molecule has 0 fully saturated rings. The van der Waals surface area contributed by atoms with Crippen molar-refractivity contribution in [1.29, 1.82) is 0 Å². The van der Waals surface area contributed by atoms with E-state index in [1.54, 1.807) is 12.7 Å². The van der Waals surface area contributed by atoms with Crippen LogP contribution in [0.15, 0.2) is 36.9 Å². The normalized spacial score (nSPS) is 12.6. The largest absolute Gasteiger partial charge is 0.399 e. The zero-order chi connectivity index (χ0) is 9.97. The fraction of sp³-hybridized carbons (Fsp3) is 0.200. The van der Waals surface area contributed by atoms with Gasteiger partial charge in [0, 0.05) is 5.69 Å². The minimum Gasteiger partial charge on any atom is -0.399 e. The van der Waals surface area contributed by atoms with E-state index in [9.17, 15) is 0 Å². The van der Waals surface area contributed by atoms with Crippen LogP contribution in [-0.4, -0.2) is 14.8 Å². The highest BCUT2D eigenvalue weighted by atomic mass is 15.2. The van der Waals surface area contributed by atoms with Gasteiger partial charge in [-0.25, -0.2) is 0 Å². The summed E-state index contributed by atoms with van der Waals surface area (Å²) in [6, 6.07) is 8.07. The molecule has 2 rings (SSSR count). The molecule has 1 atom stereocenters. The molecule has 0 radical (unpaired) electrons. The van der Waals surface area contributed by atoms with Crippen LogP contribution in [-0.2, 0) is 0 Å². The van der Waals surface area contributed by atoms with E-state index in [1.165, 1.54) is 5.56 Å². The predicted molar refractivity (Wildman–Crippen MR) is 54.7 cm³/mol. The van der Waals surface area contributed by atoms with Crippen molar-refractivity contribution in [2.45, 2.75) is 13.0 Å². The summed E-state index contributed by atoms with van der Waals surface area (Å²) >= 11 is 0. The fourth-order valence-corrected chi connectivity index (χ4v) is 1.36. The van der Waals surface area contributed by atoms with Crippen LogP contribution in [0.4, 0.5) is 5.69 Å². The quantitative estimate of drug-likeness (QED) is 0.726. The van der Waals surface area contributed by atoms with E-state index in [2.05, 4.69) is 17.1 Å². The molecule has 4 nitrogen and oxygen atoms in total. The van der Waals surface area contributed by atoms with Crippen LogP contribution in [0.3, 0.4) is 0 Å². The topological polar surface area (TPSA) is 56.7 Å². The summed E-state index contributed by atoms with van der Waals surface area (Å²) in [4.78, 5) is 0. The maximum Gasteiger partial charge on any atom is 0.119 e. The van der Waals surface area contributed by atoms with E-state index in [0.717, 1.165) is 5.69 Å². The third kappa shape index (κ3) is 1.59. The number of hydrogen-bond acceptors (Lipinski definition) is 3. The van der Waals surface area contributed by atoms with Gasteiger partial charge in [-0.1, -0.05) is 12.1 Å². The van der Waals surface area contributed by atoms with Gasteiger partial charge >= 0.3 is 0 Å². The lowest BCUT2D eigenvalue weighted by molar-refractivity contribution is 0.636. The van der Waals surface area contributed by atoms with E-state index in [-0.39, 0.29) is 6.04 Å². The van der Waals surface area contributed by atoms with Crippen molar-refractivity contribution in [3.63, 3.8) is 0 Å². The molecule has 2 N–H and O–H groups in total. The molecule has 0 saturated carbocycles. The highest BCUT2D eigenvalue weighted by Gasteiger charge is 2.06. The smallest absolute Gasteiger partial charge is 0.119 e. The van der Waals surface area contributed by atoms with Crippen LogP contribution in [0.1, 0.15) is 18.5 Å². The minimum absolute atomic E-state index is 0.241. The Morgan fingerprint density at radius 2 is 1.71 bits per heavy atom. The third-order valence-corrected chi connectivity index (χ3v) is 2.30. The Balaban J connectivity index is 2.28. The number of nitrogen functional groups attached to an aromatic ring is 1. The van der Waals surface area contributed by atoms with E-state index >= 15 is 0 Å². The van der Waals surface area contributed by atoms with Crippen molar-refractivity contribution in [2.24, 2.45) is 0 Å². The highest BCUT2D eigenvalue weighted by molar-refractivity contribution is 5.40. The molecular formula is C10H12N4. The molecule has 0 spiro atoms. The van der Waals surface area contributed by atoms with Gasteiger partial charge in [-0.2, -0.15) is 0 Å². The van der Waals surface area contributed by atoms with Gasteiger partial charge in [0.15, 0.2) is 0 Å². The van der Waals surface area contributed by atoms with E-state index in [0.29, 0.717) is 0 Å². The summed E-state index contributed by atoms with van der Waals surface area (Å²) < 4.78 is 1.95. The molecule has 0 amide bonds. The number of benzene rings is 1. The first-order chi connectivity index (χ1) is 6.77. The van der Waals surface area contributed by atoms with Gasteiger partial charge in [-0.3, -0.25) is 0 Å². The van der Waals surface area contributed by atoms with Crippen molar-refractivity contribution in [1.82, 2.24) is 14.8 Å². The van der Waals surface area contributed by atoms with Crippen LogP contribution in [0, 0.1) is 0 Å². The molecule has 0 aliphatic carbocycles. The lowest BCUT2D eigenvalue weighted by Gasteiger charge is -2.12. The number of aromatic nitrogens is 3. The number of nitrogens with two attached hydrogens (primary N) is 1. The molecule has 1 aromatic carbocycles. The number of anilines is 1. The Labute approximate surface area is 82.4 Å². The van der Waals surface area contributed by atoms with Crippen molar-refractivity contribution < 1.29 is 0 Å². The van der Waals surface area contributed by atoms with Gasteiger partial charge in [0.25, 0.3) is 0 Å². The lowest BCUT2D eigenvalue weighted by Crippen LogP contribution is -2.04. The van der Waals surface area contributed by atoms with E-state index in [1.807, 2.05) is 28.8 Å². The lowest BCUT2D eigenvalue weighted by atomic mass is 10.1. The minimum atomic E-state index is 0.241. The van der Waals surface area contributed by atoms with E-state index in [4.69, 9.17) is 5.73 Å². The van der Waals surface area contributed by atoms with Crippen molar-refractivity contribution in [3.8, 4) is 0 Å². The van der Waals surface area contributed by atoms with Crippen molar-refractivity contribution in [3.05, 3.63) is 42.5 Å². The van der Waals surface area contributed by atoms with Crippen molar-refractivity contribution in [2.75, 3.05) is 5.73 Å². The maximum absolute atomic E-state index is 5.61. The summed E-state index contributed by atoms with van der Waals surface area (Å²) in [6.07, 6.45) is 3.42. The molecule has 1 aromatic heterocycles. The summed E-state index contributed by atoms with van der Waals surface area (Å²) in [7, 11) is 0. The zero-order valence-corrected chi connectivity index (χ0v) is 7.96. The molecule has 1 unspecified atom stereocenters. The van der Waals surface area contributed by atoms with Gasteiger partial charge < -0.3 is 10.3 Å². The number of nitrogens with zero attached hydrogens (tertiary/aromatic N) is 3. The Hall–Kier alpha value is -1.84. The Kier molecular flexibility index (Phi) is 2.18. The average molecular weight is 188 g/mol. The average Bonchev–Trinajstić information content (AvgIpc) is 2.71. The predicted octanol–water partition coefficient (Wildman–Crippen LogP) is 1.47. The molecule has 0 aliphatic heterocycles. The Bertz CT molecular complexity index is 391. The second-order valence-electron chi connectivity index (χ2n) is 3.25. The van der Waals surface area contributed by atoms with Crippen LogP contribution >= 0.6 is 0 Å². The van der Waals surface area contributed by atoms with Gasteiger partial charge in [0.1, 0.15) is 12.7 Å². The van der Waals surface area contributed by atoms with Gasteiger partial charge in [-0.05, 0) is 24.6 Å². The summed E-state index contributed by atoms with van der Waals surface area (Å²) in [5.74, 6) is 0. The van der Waals surface area contributed by atoms with Crippen LogP contribution < -0.4 is 5.73 Å². The second kappa shape index (κ2) is 3.49. The molecule has 2 aromatic rings. The van der Waals surface area contributed by atoms with E-state index < -0.39 is 0 Å². The van der Waals surface area contributed by atoms with Gasteiger partial charge in [-0.15, -0.1) is 10.2 Å². The molecule has 0 aliphatic rings. The van der Waals surface area contributed by atoms with Gasteiger partial charge in [0.2, 0.25) is 0 Å². The third-order valence-electron chi connectivity index (χ3n) is 2.30. The molecular weight excluding hydrogens is 176 g/mol. The van der Waals surface area contributed by atoms with Gasteiger partial charge in [0.05, 0.1) is 6.04 Å². The zero-order valence-electron chi connectivity index (χ0n) is 7.96. The highest BCUT2D eigenvalue weighted by Crippen LogP contribution is 2.17. The van der Waals surface area contributed by atoms with Crippen LogP contribution in [0.25, 0.3) is 0 Å². The molecule has 0 bridgehead atoms. The first kappa shape index (κ1) is 8.74. The summed E-state index contributed by atoms with van der Waals surface area (Å²) in [5.41, 5.74) is 7.59. The van der Waals surface area contributed by atoms with Crippen molar-refractivity contribution >= 4 is 5.69 Å². The molecule has 0 saturated heterocycles. The maximum atomic E-state index is 5.61.